The molecule has 0 amide bonds. The maximum absolute atomic E-state index is 6.13. The highest BCUT2D eigenvalue weighted by atomic mass is 35.5. The summed E-state index contributed by atoms with van der Waals surface area (Å²) in [5, 5.41) is 0. The summed E-state index contributed by atoms with van der Waals surface area (Å²) in [5.41, 5.74) is 5.36. The van der Waals surface area contributed by atoms with Gasteiger partial charge in [-0.25, -0.2) is 0 Å². The molecule has 1 aliphatic heterocycles. The first kappa shape index (κ1) is 20.0. The molecule has 6 nitrogen and oxygen atoms in total. The van der Waals surface area contributed by atoms with Gasteiger partial charge in [0.15, 0.2) is 28.6 Å². The predicted octanol–water partition coefficient (Wildman–Crippen LogP) is 3.06. The van der Waals surface area contributed by atoms with Crippen LogP contribution in [-0.2, 0) is 0 Å². The highest BCUT2D eigenvalue weighted by molar-refractivity contribution is 5.85. The third-order valence-electron chi connectivity index (χ3n) is 4.23. The van der Waals surface area contributed by atoms with Crippen molar-refractivity contribution in [3.63, 3.8) is 0 Å². The lowest BCUT2D eigenvalue weighted by Gasteiger charge is -2.37. The number of nitrogens with two attached hydrogens (primary N) is 1. The van der Waals surface area contributed by atoms with Crippen LogP contribution >= 0.6 is 12.4 Å². The van der Waals surface area contributed by atoms with Crippen LogP contribution in [0.2, 0.25) is 0 Å². The van der Waals surface area contributed by atoms with Crippen molar-refractivity contribution < 1.29 is 23.7 Å². The number of fused-ring (bicyclic) bond motifs is 1. The fraction of sp³-hybridized carbons (Fsp3) is 0.368. The van der Waals surface area contributed by atoms with Crippen molar-refractivity contribution in [3.8, 4) is 28.7 Å². The Hall–Kier alpha value is -2.31. The molecule has 3 rings (SSSR count). The Bertz CT molecular complexity index is 705. The third kappa shape index (κ3) is 4.08. The largest absolute Gasteiger partial charge is 0.493 e. The van der Waals surface area contributed by atoms with Crippen LogP contribution in [0.3, 0.4) is 0 Å². The summed E-state index contributed by atoms with van der Waals surface area (Å²) in [6, 6.07) is 13.1. The highest BCUT2D eigenvalue weighted by Gasteiger charge is 2.36. The SMILES string of the molecule is COc1cccc(OC)c1OCCC1(CN)COc2ccccc2O1.Cl. The van der Waals surface area contributed by atoms with Gasteiger partial charge in [0, 0.05) is 13.0 Å². The quantitative estimate of drug-likeness (QED) is 0.794. The maximum atomic E-state index is 6.13. The van der Waals surface area contributed by atoms with E-state index < -0.39 is 5.60 Å². The number of hydrogen-bond acceptors (Lipinski definition) is 6. The first-order chi connectivity index (χ1) is 12.2. The summed E-state index contributed by atoms with van der Waals surface area (Å²) >= 11 is 0. The molecule has 0 saturated carbocycles. The zero-order valence-corrected chi connectivity index (χ0v) is 15.7. The summed E-state index contributed by atoms with van der Waals surface area (Å²) in [6.45, 7) is 1.10. The molecule has 142 valence electrons. The predicted molar refractivity (Wildman–Crippen MR) is 101 cm³/mol. The zero-order chi connectivity index (χ0) is 17.7. The molecule has 0 bridgehead atoms. The van der Waals surface area contributed by atoms with E-state index in [9.17, 15) is 0 Å². The average Bonchev–Trinajstić information content (AvgIpc) is 2.67. The number of methoxy groups -OCH3 is 2. The van der Waals surface area contributed by atoms with E-state index in [1.54, 1.807) is 14.2 Å². The lowest BCUT2D eigenvalue weighted by atomic mass is 10.00. The number of rotatable bonds is 7. The molecule has 0 saturated heterocycles. The Morgan fingerprint density at radius 3 is 2.27 bits per heavy atom. The van der Waals surface area contributed by atoms with E-state index in [1.807, 2.05) is 42.5 Å². The van der Waals surface area contributed by atoms with Crippen molar-refractivity contribution in [1.82, 2.24) is 0 Å². The van der Waals surface area contributed by atoms with Crippen LogP contribution < -0.4 is 29.4 Å². The van der Waals surface area contributed by atoms with E-state index in [1.165, 1.54) is 0 Å². The molecule has 7 heteroatoms. The van der Waals surface area contributed by atoms with E-state index >= 15 is 0 Å². The topological polar surface area (TPSA) is 72.2 Å². The molecule has 2 N–H and O–H groups in total. The molecule has 2 aromatic rings. The number of ether oxygens (including phenoxy) is 5. The fourth-order valence-corrected chi connectivity index (χ4v) is 2.75. The summed E-state index contributed by atoms with van der Waals surface area (Å²) in [5.74, 6) is 3.24. The van der Waals surface area contributed by atoms with Crippen LogP contribution in [0.5, 0.6) is 28.7 Å². The molecular weight excluding hydrogens is 358 g/mol. The molecule has 0 spiro atoms. The average molecular weight is 382 g/mol. The Balaban J connectivity index is 0.00000243. The molecule has 26 heavy (non-hydrogen) atoms. The smallest absolute Gasteiger partial charge is 0.203 e. The van der Waals surface area contributed by atoms with Crippen LogP contribution in [0.4, 0.5) is 0 Å². The van der Waals surface area contributed by atoms with E-state index in [-0.39, 0.29) is 12.4 Å². The minimum absolute atomic E-state index is 0. The first-order valence-corrected chi connectivity index (χ1v) is 8.16. The lowest BCUT2D eigenvalue weighted by Crippen LogP contribution is -2.51. The molecule has 0 fully saturated rings. The second kappa shape index (κ2) is 8.87. The number of para-hydroxylation sites is 3. The highest BCUT2D eigenvalue weighted by Crippen LogP contribution is 2.38. The Kier molecular flexibility index (Phi) is 6.83. The standard InChI is InChI=1S/C19H23NO5.ClH/c1-21-16-8-5-9-17(22-2)18(16)23-11-10-19(12-20)13-24-14-6-3-4-7-15(14)25-19;/h3-9H,10-13,20H2,1-2H3;1H. The van der Waals surface area contributed by atoms with Crippen LogP contribution in [0.15, 0.2) is 42.5 Å². The van der Waals surface area contributed by atoms with Gasteiger partial charge in [0.05, 0.1) is 20.8 Å². The van der Waals surface area contributed by atoms with E-state index in [0.29, 0.717) is 49.2 Å². The minimum atomic E-state index is -0.621. The minimum Gasteiger partial charge on any atom is -0.493 e. The first-order valence-electron chi connectivity index (χ1n) is 8.16. The molecule has 0 aromatic heterocycles. The van der Waals surface area contributed by atoms with Crippen molar-refractivity contribution >= 4 is 12.4 Å². The molecular formula is C19H24ClNO5. The summed E-state index contributed by atoms with van der Waals surface area (Å²) < 4.78 is 28.6. The summed E-state index contributed by atoms with van der Waals surface area (Å²) in [6.07, 6.45) is 0.568. The summed E-state index contributed by atoms with van der Waals surface area (Å²) in [7, 11) is 3.19. The van der Waals surface area contributed by atoms with E-state index in [2.05, 4.69) is 0 Å². The molecule has 0 aliphatic carbocycles. The van der Waals surface area contributed by atoms with Gasteiger partial charge in [-0.3, -0.25) is 0 Å². The maximum Gasteiger partial charge on any atom is 0.203 e. The molecule has 1 atom stereocenters. The molecule has 1 unspecified atom stereocenters. The summed E-state index contributed by atoms with van der Waals surface area (Å²) in [4.78, 5) is 0. The van der Waals surface area contributed by atoms with E-state index in [4.69, 9.17) is 29.4 Å². The van der Waals surface area contributed by atoms with Gasteiger partial charge in [-0.15, -0.1) is 12.4 Å². The molecule has 1 aliphatic rings. The Morgan fingerprint density at radius 1 is 1.00 bits per heavy atom. The Labute approximate surface area is 159 Å². The number of hydrogen-bond donors (Lipinski definition) is 1. The zero-order valence-electron chi connectivity index (χ0n) is 14.9. The van der Waals surface area contributed by atoms with Crippen LogP contribution in [0.1, 0.15) is 6.42 Å². The normalized spacial score (nSPS) is 17.8. The number of benzene rings is 2. The van der Waals surface area contributed by atoms with Gasteiger partial charge < -0.3 is 29.4 Å². The van der Waals surface area contributed by atoms with Gasteiger partial charge in [0.25, 0.3) is 0 Å². The van der Waals surface area contributed by atoms with Crippen LogP contribution in [0, 0.1) is 0 Å². The van der Waals surface area contributed by atoms with E-state index in [0.717, 1.165) is 5.75 Å². The van der Waals surface area contributed by atoms with Gasteiger partial charge in [-0.1, -0.05) is 18.2 Å². The van der Waals surface area contributed by atoms with Gasteiger partial charge in [-0.2, -0.15) is 0 Å². The van der Waals surface area contributed by atoms with Crippen molar-refractivity contribution in [3.05, 3.63) is 42.5 Å². The van der Waals surface area contributed by atoms with Crippen LogP contribution in [-0.4, -0.2) is 39.6 Å². The third-order valence-corrected chi connectivity index (χ3v) is 4.23. The molecule has 0 radical (unpaired) electrons. The second-order valence-corrected chi connectivity index (χ2v) is 5.81. The van der Waals surface area contributed by atoms with Crippen LogP contribution in [0.25, 0.3) is 0 Å². The number of halogens is 1. The van der Waals surface area contributed by atoms with Gasteiger partial charge >= 0.3 is 0 Å². The lowest BCUT2D eigenvalue weighted by molar-refractivity contribution is -0.0165. The van der Waals surface area contributed by atoms with Crippen molar-refractivity contribution in [2.75, 3.05) is 34.0 Å². The van der Waals surface area contributed by atoms with Gasteiger partial charge in [-0.05, 0) is 24.3 Å². The van der Waals surface area contributed by atoms with Crippen molar-refractivity contribution in [2.45, 2.75) is 12.0 Å². The fourth-order valence-electron chi connectivity index (χ4n) is 2.75. The van der Waals surface area contributed by atoms with Gasteiger partial charge in [0.2, 0.25) is 5.75 Å². The second-order valence-electron chi connectivity index (χ2n) is 5.81. The molecule has 1 heterocycles. The Morgan fingerprint density at radius 2 is 1.65 bits per heavy atom. The molecule has 2 aromatic carbocycles. The monoisotopic (exact) mass is 381 g/mol. The van der Waals surface area contributed by atoms with Crippen molar-refractivity contribution in [2.24, 2.45) is 5.73 Å². The van der Waals surface area contributed by atoms with Crippen molar-refractivity contribution in [1.29, 1.82) is 0 Å². The van der Waals surface area contributed by atoms with Gasteiger partial charge in [0.1, 0.15) is 6.61 Å².